The van der Waals surface area contributed by atoms with E-state index in [0.717, 1.165) is 13.2 Å². The number of hydrogen-bond donors (Lipinski definition) is 1. The summed E-state index contributed by atoms with van der Waals surface area (Å²) in [5.74, 6) is 0. The van der Waals surface area contributed by atoms with Crippen LogP contribution in [-0.4, -0.2) is 50.3 Å². The SMILES string of the molecule is COCCN(CC1(CNC(C)C)CCCCC1)C(C)C. The first-order chi connectivity index (χ1) is 9.49. The molecule has 3 nitrogen and oxygen atoms in total. The molecule has 0 heterocycles. The van der Waals surface area contributed by atoms with Crippen LogP contribution in [0.15, 0.2) is 0 Å². The third kappa shape index (κ3) is 6.11. The standard InChI is InChI=1S/C17H36N2O/c1-15(2)18-13-17(9-7-6-8-10-17)14-19(16(3)4)11-12-20-5/h15-16,18H,6-14H2,1-5H3. The minimum atomic E-state index is 0.473. The van der Waals surface area contributed by atoms with Crippen molar-refractivity contribution in [1.29, 1.82) is 0 Å². The van der Waals surface area contributed by atoms with Gasteiger partial charge in [-0.1, -0.05) is 33.1 Å². The van der Waals surface area contributed by atoms with Gasteiger partial charge in [0.25, 0.3) is 0 Å². The van der Waals surface area contributed by atoms with E-state index in [1.54, 1.807) is 7.11 Å². The van der Waals surface area contributed by atoms with E-state index in [1.165, 1.54) is 45.2 Å². The molecule has 0 spiro atoms. The van der Waals surface area contributed by atoms with Gasteiger partial charge < -0.3 is 10.1 Å². The number of methoxy groups -OCH3 is 1. The Morgan fingerprint density at radius 3 is 2.25 bits per heavy atom. The predicted molar refractivity (Wildman–Crippen MR) is 87.2 cm³/mol. The molecular weight excluding hydrogens is 248 g/mol. The van der Waals surface area contributed by atoms with Crippen molar-refractivity contribution in [3.05, 3.63) is 0 Å². The lowest BCUT2D eigenvalue weighted by molar-refractivity contribution is 0.0601. The van der Waals surface area contributed by atoms with Gasteiger partial charge in [-0.3, -0.25) is 4.90 Å². The zero-order valence-electron chi connectivity index (χ0n) is 14.4. The van der Waals surface area contributed by atoms with Gasteiger partial charge in [0.05, 0.1) is 6.61 Å². The van der Waals surface area contributed by atoms with Crippen molar-refractivity contribution >= 4 is 0 Å². The summed E-state index contributed by atoms with van der Waals surface area (Å²) >= 11 is 0. The maximum absolute atomic E-state index is 5.29. The Morgan fingerprint density at radius 2 is 1.75 bits per heavy atom. The minimum absolute atomic E-state index is 0.473. The molecule has 1 N–H and O–H groups in total. The van der Waals surface area contributed by atoms with Crippen LogP contribution in [0, 0.1) is 5.41 Å². The third-order valence-electron chi connectivity index (χ3n) is 4.65. The second kappa shape index (κ2) is 9.01. The van der Waals surface area contributed by atoms with Crippen LogP contribution in [0.25, 0.3) is 0 Å². The Hall–Kier alpha value is -0.120. The van der Waals surface area contributed by atoms with Crippen LogP contribution in [0.3, 0.4) is 0 Å². The number of nitrogens with one attached hydrogen (secondary N) is 1. The summed E-state index contributed by atoms with van der Waals surface area (Å²) in [5.41, 5.74) is 0.473. The van der Waals surface area contributed by atoms with Gasteiger partial charge in [0.15, 0.2) is 0 Å². The molecule has 20 heavy (non-hydrogen) atoms. The molecule has 3 heteroatoms. The maximum Gasteiger partial charge on any atom is 0.0589 e. The summed E-state index contributed by atoms with van der Waals surface area (Å²) in [4.78, 5) is 2.61. The molecule has 1 aliphatic rings. The molecule has 0 radical (unpaired) electrons. The van der Waals surface area contributed by atoms with Gasteiger partial charge in [-0.15, -0.1) is 0 Å². The molecule has 0 bridgehead atoms. The average Bonchev–Trinajstić information content (AvgIpc) is 2.42. The van der Waals surface area contributed by atoms with E-state index in [9.17, 15) is 0 Å². The second-order valence-electron chi connectivity index (χ2n) is 7.15. The first-order valence-electron chi connectivity index (χ1n) is 8.45. The van der Waals surface area contributed by atoms with Crippen LogP contribution in [0.4, 0.5) is 0 Å². The largest absolute Gasteiger partial charge is 0.383 e. The van der Waals surface area contributed by atoms with E-state index in [4.69, 9.17) is 4.74 Å². The van der Waals surface area contributed by atoms with Crippen molar-refractivity contribution in [2.45, 2.75) is 71.9 Å². The molecule has 0 unspecified atom stereocenters. The fourth-order valence-electron chi connectivity index (χ4n) is 3.27. The van der Waals surface area contributed by atoms with Crippen molar-refractivity contribution in [2.75, 3.05) is 33.4 Å². The van der Waals surface area contributed by atoms with Crippen LogP contribution >= 0.6 is 0 Å². The number of nitrogens with zero attached hydrogens (tertiary/aromatic N) is 1. The van der Waals surface area contributed by atoms with Gasteiger partial charge >= 0.3 is 0 Å². The lowest BCUT2D eigenvalue weighted by atomic mass is 9.73. The highest BCUT2D eigenvalue weighted by Crippen LogP contribution is 2.37. The molecule has 1 rings (SSSR count). The van der Waals surface area contributed by atoms with Crippen molar-refractivity contribution in [2.24, 2.45) is 5.41 Å². The van der Waals surface area contributed by atoms with Crippen molar-refractivity contribution in [3.63, 3.8) is 0 Å². The Balaban J connectivity index is 2.65. The number of rotatable bonds is 9. The monoisotopic (exact) mass is 284 g/mol. The molecule has 1 saturated carbocycles. The first-order valence-corrected chi connectivity index (χ1v) is 8.45. The highest BCUT2D eigenvalue weighted by Gasteiger charge is 2.34. The molecule has 0 saturated heterocycles. The molecule has 1 fully saturated rings. The van der Waals surface area contributed by atoms with E-state index < -0.39 is 0 Å². The third-order valence-corrected chi connectivity index (χ3v) is 4.65. The molecule has 0 aromatic heterocycles. The van der Waals surface area contributed by atoms with Crippen LogP contribution in [0.5, 0.6) is 0 Å². The average molecular weight is 284 g/mol. The van der Waals surface area contributed by atoms with Crippen LogP contribution < -0.4 is 5.32 Å². The van der Waals surface area contributed by atoms with Gasteiger partial charge in [0.1, 0.15) is 0 Å². The molecule has 0 aromatic rings. The first kappa shape index (κ1) is 17.9. The van der Waals surface area contributed by atoms with Gasteiger partial charge in [-0.2, -0.15) is 0 Å². The highest BCUT2D eigenvalue weighted by atomic mass is 16.5. The molecule has 0 amide bonds. The number of hydrogen-bond acceptors (Lipinski definition) is 3. The Morgan fingerprint density at radius 1 is 1.10 bits per heavy atom. The molecule has 0 atom stereocenters. The van der Waals surface area contributed by atoms with Gasteiger partial charge in [-0.05, 0) is 32.1 Å². The van der Waals surface area contributed by atoms with E-state index in [0.29, 0.717) is 17.5 Å². The summed E-state index contributed by atoms with van der Waals surface area (Å²) in [7, 11) is 1.80. The molecule has 0 aromatic carbocycles. The quantitative estimate of drug-likeness (QED) is 0.703. The lowest BCUT2D eigenvalue weighted by Crippen LogP contribution is -2.49. The van der Waals surface area contributed by atoms with E-state index in [-0.39, 0.29) is 0 Å². The molecular formula is C17H36N2O. The summed E-state index contributed by atoms with van der Waals surface area (Å²) in [6.45, 7) is 13.4. The van der Waals surface area contributed by atoms with E-state index in [2.05, 4.69) is 37.9 Å². The zero-order valence-corrected chi connectivity index (χ0v) is 14.4. The topological polar surface area (TPSA) is 24.5 Å². The summed E-state index contributed by atoms with van der Waals surface area (Å²) in [5, 5.41) is 3.70. The van der Waals surface area contributed by atoms with E-state index in [1.807, 2.05) is 0 Å². The van der Waals surface area contributed by atoms with Gasteiger partial charge in [0.2, 0.25) is 0 Å². The summed E-state index contributed by atoms with van der Waals surface area (Å²) < 4.78 is 5.29. The fourth-order valence-corrected chi connectivity index (χ4v) is 3.27. The molecule has 1 aliphatic carbocycles. The zero-order chi connectivity index (χ0) is 15.0. The smallest absolute Gasteiger partial charge is 0.0589 e. The van der Waals surface area contributed by atoms with Crippen molar-refractivity contribution in [1.82, 2.24) is 10.2 Å². The van der Waals surface area contributed by atoms with Crippen LogP contribution in [0.2, 0.25) is 0 Å². The minimum Gasteiger partial charge on any atom is -0.383 e. The van der Waals surface area contributed by atoms with Gasteiger partial charge in [0, 0.05) is 38.8 Å². The predicted octanol–water partition coefficient (Wildman–Crippen LogP) is 3.29. The summed E-state index contributed by atoms with van der Waals surface area (Å²) in [6, 6.07) is 1.18. The van der Waals surface area contributed by atoms with Gasteiger partial charge in [-0.25, -0.2) is 0 Å². The maximum atomic E-state index is 5.29. The number of ether oxygens (including phenoxy) is 1. The summed E-state index contributed by atoms with van der Waals surface area (Å²) in [6.07, 6.45) is 6.97. The Kier molecular flexibility index (Phi) is 8.08. The normalized spacial score (nSPS) is 19.2. The van der Waals surface area contributed by atoms with Crippen molar-refractivity contribution < 1.29 is 4.74 Å². The Labute approximate surface area is 126 Å². The molecule has 120 valence electrons. The van der Waals surface area contributed by atoms with Crippen molar-refractivity contribution in [3.8, 4) is 0 Å². The lowest BCUT2D eigenvalue weighted by Gasteiger charge is -2.43. The second-order valence-corrected chi connectivity index (χ2v) is 7.15. The highest BCUT2D eigenvalue weighted by molar-refractivity contribution is 4.89. The van der Waals surface area contributed by atoms with E-state index >= 15 is 0 Å². The van der Waals surface area contributed by atoms with Crippen LogP contribution in [-0.2, 0) is 4.74 Å². The van der Waals surface area contributed by atoms with Crippen LogP contribution in [0.1, 0.15) is 59.8 Å². The fraction of sp³-hybridized carbons (Fsp3) is 1.00. The Bertz CT molecular complexity index is 247. The molecule has 0 aliphatic heterocycles.